The summed E-state index contributed by atoms with van der Waals surface area (Å²) in [4.78, 5) is 1.32. The van der Waals surface area contributed by atoms with Gasteiger partial charge < -0.3 is 5.32 Å². The summed E-state index contributed by atoms with van der Waals surface area (Å²) in [5.41, 5.74) is 1.38. The molecule has 1 N–H and O–H groups in total. The molecular formula is C11H16ClNS. The predicted molar refractivity (Wildman–Crippen MR) is 65.5 cm³/mol. The van der Waals surface area contributed by atoms with Crippen molar-refractivity contribution < 1.29 is 0 Å². The monoisotopic (exact) mass is 229 g/mol. The van der Waals surface area contributed by atoms with Crippen LogP contribution in [0, 0.1) is 0 Å². The second kappa shape index (κ2) is 7.16. The minimum absolute atomic E-state index is 0.686. The standard InChI is InChI=1S/C11H16ClNS/c1-14-11-4-2-10(3-5-11)6-8-13-9-7-12/h2-5,13H,6-9H2,1H3. The fourth-order valence-corrected chi connectivity index (χ4v) is 1.76. The van der Waals surface area contributed by atoms with Gasteiger partial charge >= 0.3 is 0 Å². The summed E-state index contributed by atoms with van der Waals surface area (Å²) in [5.74, 6) is 0.686. The number of nitrogens with one attached hydrogen (secondary N) is 1. The van der Waals surface area contributed by atoms with Crippen LogP contribution < -0.4 is 5.32 Å². The fraction of sp³-hybridized carbons (Fsp3) is 0.455. The molecule has 1 rings (SSSR count). The quantitative estimate of drug-likeness (QED) is 0.458. The van der Waals surface area contributed by atoms with Crippen molar-refractivity contribution in [1.29, 1.82) is 0 Å². The maximum absolute atomic E-state index is 5.56. The molecular weight excluding hydrogens is 214 g/mol. The number of thioether (sulfide) groups is 1. The third-order valence-electron chi connectivity index (χ3n) is 2.02. The molecule has 0 aliphatic rings. The van der Waals surface area contributed by atoms with Gasteiger partial charge in [0.15, 0.2) is 0 Å². The van der Waals surface area contributed by atoms with Crippen molar-refractivity contribution in [2.75, 3.05) is 25.2 Å². The Hall–Kier alpha value is -0.180. The molecule has 1 aromatic carbocycles. The van der Waals surface area contributed by atoms with E-state index in [9.17, 15) is 0 Å². The molecule has 0 heterocycles. The van der Waals surface area contributed by atoms with Crippen molar-refractivity contribution in [2.45, 2.75) is 11.3 Å². The van der Waals surface area contributed by atoms with E-state index < -0.39 is 0 Å². The van der Waals surface area contributed by atoms with Crippen LogP contribution in [0.5, 0.6) is 0 Å². The zero-order valence-corrected chi connectivity index (χ0v) is 10.00. The van der Waals surface area contributed by atoms with Crippen molar-refractivity contribution >= 4 is 23.4 Å². The van der Waals surface area contributed by atoms with Gasteiger partial charge in [-0.2, -0.15) is 0 Å². The van der Waals surface area contributed by atoms with Crippen LogP contribution in [0.25, 0.3) is 0 Å². The first-order valence-corrected chi connectivity index (χ1v) is 6.52. The molecule has 0 spiro atoms. The Kier molecular flexibility index (Phi) is 6.08. The molecule has 1 aromatic rings. The number of hydrogen-bond donors (Lipinski definition) is 1. The van der Waals surface area contributed by atoms with Crippen LogP contribution in [0.15, 0.2) is 29.2 Å². The summed E-state index contributed by atoms with van der Waals surface area (Å²) in [6.07, 6.45) is 3.17. The lowest BCUT2D eigenvalue weighted by atomic mass is 10.1. The molecule has 0 bridgehead atoms. The van der Waals surface area contributed by atoms with Gasteiger partial charge in [-0.1, -0.05) is 12.1 Å². The van der Waals surface area contributed by atoms with Crippen molar-refractivity contribution in [3.63, 3.8) is 0 Å². The summed E-state index contributed by atoms with van der Waals surface area (Å²) in [6.45, 7) is 1.90. The van der Waals surface area contributed by atoms with Gasteiger partial charge in [0.25, 0.3) is 0 Å². The van der Waals surface area contributed by atoms with Gasteiger partial charge in [-0.15, -0.1) is 23.4 Å². The zero-order valence-electron chi connectivity index (χ0n) is 8.42. The highest BCUT2D eigenvalue weighted by molar-refractivity contribution is 7.98. The van der Waals surface area contributed by atoms with Crippen molar-refractivity contribution in [3.8, 4) is 0 Å². The van der Waals surface area contributed by atoms with Crippen molar-refractivity contribution in [2.24, 2.45) is 0 Å². The maximum Gasteiger partial charge on any atom is 0.0348 e. The molecule has 0 saturated carbocycles. The summed E-state index contributed by atoms with van der Waals surface area (Å²) in [7, 11) is 0. The highest BCUT2D eigenvalue weighted by atomic mass is 35.5. The van der Waals surface area contributed by atoms with E-state index >= 15 is 0 Å². The summed E-state index contributed by atoms with van der Waals surface area (Å²) in [5, 5.41) is 3.27. The van der Waals surface area contributed by atoms with Gasteiger partial charge in [-0.25, -0.2) is 0 Å². The van der Waals surface area contributed by atoms with E-state index in [0.29, 0.717) is 5.88 Å². The molecule has 1 nitrogen and oxygen atoms in total. The van der Waals surface area contributed by atoms with Crippen LogP contribution in [-0.2, 0) is 6.42 Å². The topological polar surface area (TPSA) is 12.0 Å². The summed E-state index contributed by atoms with van der Waals surface area (Å²) >= 11 is 7.33. The van der Waals surface area contributed by atoms with E-state index in [-0.39, 0.29) is 0 Å². The lowest BCUT2D eigenvalue weighted by Gasteiger charge is -2.03. The third-order valence-corrected chi connectivity index (χ3v) is 2.95. The van der Waals surface area contributed by atoms with E-state index in [1.54, 1.807) is 11.8 Å². The highest BCUT2D eigenvalue weighted by Gasteiger charge is 1.93. The van der Waals surface area contributed by atoms with Gasteiger partial charge in [0.1, 0.15) is 0 Å². The average molecular weight is 230 g/mol. The lowest BCUT2D eigenvalue weighted by Crippen LogP contribution is -2.19. The van der Waals surface area contributed by atoms with Crippen LogP contribution >= 0.6 is 23.4 Å². The fourth-order valence-electron chi connectivity index (χ4n) is 1.22. The molecule has 0 amide bonds. The number of alkyl halides is 1. The van der Waals surface area contributed by atoms with Crippen LogP contribution in [0.1, 0.15) is 5.56 Å². The van der Waals surface area contributed by atoms with E-state index in [4.69, 9.17) is 11.6 Å². The van der Waals surface area contributed by atoms with Gasteiger partial charge in [0, 0.05) is 17.3 Å². The van der Waals surface area contributed by atoms with Gasteiger partial charge in [0.05, 0.1) is 0 Å². The SMILES string of the molecule is CSc1ccc(CCNCCCl)cc1. The Morgan fingerprint density at radius 3 is 2.50 bits per heavy atom. The van der Waals surface area contributed by atoms with Crippen molar-refractivity contribution in [3.05, 3.63) is 29.8 Å². The van der Waals surface area contributed by atoms with Crippen LogP contribution in [-0.4, -0.2) is 25.2 Å². The second-order valence-electron chi connectivity index (χ2n) is 3.04. The first-order chi connectivity index (χ1) is 6.86. The van der Waals surface area contributed by atoms with Crippen LogP contribution in [0.4, 0.5) is 0 Å². The Morgan fingerprint density at radius 1 is 1.21 bits per heavy atom. The minimum atomic E-state index is 0.686. The Bertz CT molecular complexity index is 248. The predicted octanol–water partition coefficient (Wildman–Crippen LogP) is 2.78. The molecule has 14 heavy (non-hydrogen) atoms. The van der Waals surface area contributed by atoms with Crippen molar-refractivity contribution in [1.82, 2.24) is 5.32 Å². The van der Waals surface area contributed by atoms with E-state index in [2.05, 4.69) is 35.8 Å². The van der Waals surface area contributed by atoms with Gasteiger partial charge in [-0.05, 0) is 36.9 Å². The second-order valence-corrected chi connectivity index (χ2v) is 4.29. The molecule has 0 atom stereocenters. The molecule has 0 fully saturated rings. The largest absolute Gasteiger partial charge is 0.315 e. The van der Waals surface area contributed by atoms with Gasteiger partial charge in [-0.3, -0.25) is 0 Å². The zero-order chi connectivity index (χ0) is 10.2. The smallest absolute Gasteiger partial charge is 0.0348 e. The Labute approximate surface area is 95.2 Å². The first-order valence-electron chi connectivity index (χ1n) is 4.76. The molecule has 78 valence electrons. The molecule has 3 heteroatoms. The molecule has 0 unspecified atom stereocenters. The summed E-state index contributed by atoms with van der Waals surface area (Å²) < 4.78 is 0. The minimum Gasteiger partial charge on any atom is -0.315 e. The van der Waals surface area contributed by atoms with Crippen LogP contribution in [0.2, 0.25) is 0 Å². The van der Waals surface area contributed by atoms with Crippen LogP contribution in [0.3, 0.4) is 0 Å². The lowest BCUT2D eigenvalue weighted by molar-refractivity contribution is 0.719. The van der Waals surface area contributed by atoms with E-state index in [0.717, 1.165) is 19.5 Å². The van der Waals surface area contributed by atoms with E-state index in [1.807, 2.05) is 0 Å². The molecule has 0 aromatic heterocycles. The average Bonchev–Trinajstić information content (AvgIpc) is 2.25. The number of rotatable bonds is 6. The summed E-state index contributed by atoms with van der Waals surface area (Å²) in [6, 6.07) is 8.71. The molecule has 0 radical (unpaired) electrons. The number of hydrogen-bond acceptors (Lipinski definition) is 2. The number of halogens is 1. The Balaban J connectivity index is 2.29. The highest BCUT2D eigenvalue weighted by Crippen LogP contribution is 2.14. The van der Waals surface area contributed by atoms with Gasteiger partial charge in [0.2, 0.25) is 0 Å². The molecule has 0 aliphatic heterocycles. The van der Waals surface area contributed by atoms with E-state index in [1.165, 1.54) is 10.5 Å². The maximum atomic E-state index is 5.56. The normalized spacial score (nSPS) is 10.4. The molecule has 0 saturated heterocycles. The first kappa shape index (κ1) is 11.9. The molecule has 0 aliphatic carbocycles. The number of benzene rings is 1. The third kappa shape index (κ3) is 4.36. The Morgan fingerprint density at radius 2 is 1.93 bits per heavy atom.